The number of amides is 1. The van der Waals surface area contributed by atoms with Crippen LogP contribution in [0.25, 0.3) is 0 Å². The van der Waals surface area contributed by atoms with Crippen LogP contribution in [0.3, 0.4) is 0 Å². The summed E-state index contributed by atoms with van der Waals surface area (Å²) in [5, 5.41) is 3.15. The van der Waals surface area contributed by atoms with Gasteiger partial charge >= 0.3 is 5.97 Å². The van der Waals surface area contributed by atoms with E-state index >= 15 is 0 Å². The molecule has 0 saturated carbocycles. The van der Waals surface area contributed by atoms with Crippen molar-refractivity contribution >= 4 is 35.2 Å². The SMILES string of the molecule is CSc1ccc(Cl)c(C(=O)OCC(=O)N[C@H](C)CCc2ccccc2)c1. The molecule has 0 spiro atoms. The Bertz CT molecular complexity index is 752. The maximum atomic E-state index is 12.1. The Morgan fingerprint density at radius 3 is 2.62 bits per heavy atom. The van der Waals surface area contributed by atoms with Gasteiger partial charge in [-0.05, 0) is 49.8 Å². The lowest BCUT2D eigenvalue weighted by Crippen LogP contribution is -2.36. The van der Waals surface area contributed by atoms with E-state index in [2.05, 4.69) is 17.4 Å². The van der Waals surface area contributed by atoms with E-state index in [1.165, 1.54) is 17.3 Å². The normalized spacial score (nSPS) is 11.7. The van der Waals surface area contributed by atoms with E-state index in [0.717, 1.165) is 17.7 Å². The molecule has 2 rings (SSSR count). The molecular formula is C20H22ClNO3S. The van der Waals surface area contributed by atoms with Crippen molar-refractivity contribution in [3.05, 3.63) is 64.7 Å². The van der Waals surface area contributed by atoms with Crippen LogP contribution in [0.1, 0.15) is 29.3 Å². The molecule has 26 heavy (non-hydrogen) atoms. The average molecular weight is 392 g/mol. The fourth-order valence-corrected chi connectivity index (χ4v) is 3.05. The molecule has 6 heteroatoms. The molecule has 0 saturated heterocycles. The van der Waals surface area contributed by atoms with E-state index in [1.807, 2.05) is 37.4 Å². The maximum absolute atomic E-state index is 12.1. The summed E-state index contributed by atoms with van der Waals surface area (Å²) in [5.74, 6) is -0.922. The predicted octanol–water partition coefficient (Wildman–Crippen LogP) is 4.36. The predicted molar refractivity (Wildman–Crippen MR) is 106 cm³/mol. The fraction of sp³-hybridized carbons (Fsp3) is 0.300. The second-order valence-electron chi connectivity index (χ2n) is 5.91. The van der Waals surface area contributed by atoms with Gasteiger partial charge in [-0.15, -0.1) is 11.8 Å². The first kappa shape index (κ1) is 20.3. The molecule has 1 atom stereocenters. The van der Waals surface area contributed by atoms with Gasteiger partial charge in [0, 0.05) is 10.9 Å². The van der Waals surface area contributed by atoms with Crippen molar-refractivity contribution in [3.8, 4) is 0 Å². The number of nitrogens with one attached hydrogen (secondary N) is 1. The van der Waals surface area contributed by atoms with Crippen molar-refractivity contribution in [1.82, 2.24) is 5.32 Å². The fourth-order valence-electron chi connectivity index (χ4n) is 2.41. The van der Waals surface area contributed by atoms with E-state index < -0.39 is 5.97 Å². The van der Waals surface area contributed by atoms with Gasteiger partial charge in [0.05, 0.1) is 10.6 Å². The van der Waals surface area contributed by atoms with Crippen LogP contribution in [0.2, 0.25) is 5.02 Å². The number of carbonyl (C=O) groups excluding carboxylic acids is 2. The van der Waals surface area contributed by atoms with Crippen LogP contribution in [0.5, 0.6) is 0 Å². The minimum atomic E-state index is -0.599. The summed E-state index contributed by atoms with van der Waals surface area (Å²) in [7, 11) is 0. The van der Waals surface area contributed by atoms with Gasteiger partial charge in [-0.25, -0.2) is 4.79 Å². The summed E-state index contributed by atoms with van der Waals surface area (Å²) < 4.78 is 5.09. The first-order valence-electron chi connectivity index (χ1n) is 8.33. The minimum absolute atomic E-state index is 0.00943. The number of benzene rings is 2. The molecule has 1 N–H and O–H groups in total. The van der Waals surface area contributed by atoms with Crippen LogP contribution < -0.4 is 5.32 Å². The van der Waals surface area contributed by atoms with E-state index in [1.54, 1.807) is 12.1 Å². The summed E-state index contributed by atoms with van der Waals surface area (Å²) in [5.41, 5.74) is 1.49. The molecule has 2 aromatic rings. The number of aryl methyl sites for hydroxylation is 1. The lowest BCUT2D eigenvalue weighted by atomic mass is 10.1. The molecule has 0 unspecified atom stereocenters. The minimum Gasteiger partial charge on any atom is -0.452 e. The van der Waals surface area contributed by atoms with Crippen molar-refractivity contribution in [3.63, 3.8) is 0 Å². The highest BCUT2D eigenvalue weighted by atomic mass is 35.5. The van der Waals surface area contributed by atoms with Gasteiger partial charge in [0.1, 0.15) is 0 Å². The van der Waals surface area contributed by atoms with Crippen LogP contribution in [0.15, 0.2) is 53.4 Å². The summed E-state index contributed by atoms with van der Waals surface area (Å²) in [4.78, 5) is 25.0. The smallest absolute Gasteiger partial charge is 0.340 e. The van der Waals surface area contributed by atoms with Crippen molar-refractivity contribution < 1.29 is 14.3 Å². The number of esters is 1. The van der Waals surface area contributed by atoms with Gasteiger partial charge in [0.25, 0.3) is 5.91 Å². The van der Waals surface area contributed by atoms with Crippen molar-refractivity contribution in [1.29, 1.82) is 0 Å². The third-order valence-corrected chi connectivity index (χ3v) is 4.90. The molecule has 0 aliphatic rings. The largest absolute Gasteiger partial charge is 0.452 e. The number of carbonyl (C=O) groups is 2. The van der Waals surface area contributed by atoms with E-state index in [4.69, 9.17) is 16.3 Å². The monoisotopic (exact) mass is 391 g/mol. The maximum Gasteiger partial charge on any atom is 0.340 e. The lowest BCUT2D eigenvalue weighted by Gasteiger charge is -2.14. The molecule has 0 fully saturated rings. The molecule has 0 bridgehead atoms. The molecule has 4 nitrogen and oxygen atoms in total. The molecule has 0 aromatic heterocycles. The van der Waals surface area contributed by atoms with Crippen molar-refractivity contribution in [2.75, 3.05) is 12.9 Å². The van der Waals surface area contributed by atoms with Crippen LogP contribution in [0, 0.1) is 0 Å². The second-order valence-corrected chi connectivity index (χ2v) is 7.20. The molecule has 0 heterocycles. The third-order valence-electron chi connectivity index (χ3n) is 3.84. The lowest BCUT2D eigenvalue weighted by molar-refractivity contribution is -0.124. The number of thioether (sulfide) groups is 1. The Morgan fingerprint density at radius 1 is 1.19 bits per heavy atom. The third kappa shape index (κ3) is 6.39. The standard InChI is InChI=1S/C20H22ClNO3S/c1-14(8-9-15-6-4-3-5-7-15)22-19(23)13-25-20(24)17-12-16(26-2)10-11-18(17)21/h3-7,10-12,14H,8-9,13H2,1-2H3,(H,22,23)/t14-/m1/s1. The van der Waals surface area contributed by atoms with Crippen LogP contribution in [-0.4, -0.2) is 30.8 Å². The van der Waals surface area contributed by atoms with Gasteiger partial charge in [-0.1, -0.05) is 41.9 Å². The molecular weight excluding hydrogens is 370 g/mol. The van der Waals surface area contributed by atoms with E-state index in [0.29, 0.717) is 5.02 Å². The quantitative estimate of drug-likeness (QED) is 0.536. The average Bonchev–Trinajstić information content (AvgIpc) is 2.65. The van der Waals surface area contributed by atoms with Crippen LogP contribution >= 0.6 is 23.4 Å². The molecule has 1 amide bonds. The van der Waals surface area contributed by atoms with Gasteiger partial charge in [0.2, 0.25) is 0 Å². The Morgan fingerprint density at radius 2 is 1.92 bits per heavy atom. The molecule has 2 aromatic carbocycles. The molecule has 0 aliphatic carbocycles. The first-order chi connectivity index (χ1) is 12.5. The Kier molecular flexibility index (Phi) is 8.01. The van der Waals surface area contributed by atoms with Crippen LogP contribution in [-0.2, 0) is 16.0 Å². The summed E-state index contributed by atoms with van der Waals surface area (Å²) in [6.45, 7) is 1.61. The zero-order valence-electron chi connectivity index (χ0n) is 14.8. The van der Waals surface area contributed by atoms with E-state index in [-0.39, 0.29) is 24.1 Å². The Hall–Kier alpha value is -1.98. The summed E-state index contributed by atoms with van der Waals surface area (Å²) in [6.07, 6.45) is 3.59. The van der Waals surface area contributed by atoms with Gasteiger partial charge in [0.15, 0.2) is 6.61 Å². The van der Waals surface area contributed by atoms with Gasteiger partial charge < -0.3 is 10.1 Å². The second kappa shape index (κ2) is 10.2. The zero-order chi connectivity index (χ0) is 18.9. The highest BCUT2D eigenvalue weighted by Gasteiger charge is 2.15. The Balaban J connectivity index is 1.78. The van der Waals surface area contributed by atoms with E-state index in [9.17, 15) is 9.59 Å². The summed E-state index contributed by atoms with van der Waals surface area (Å²) in [6, 6.07) is 15.2. The molecule has 0 radical (unpaired) electrons. The number of ether oxygens (including phenoxy) is 1. The summed E-state index contributed by atoms with van der Waals surface area (Å²) >= 11 is 7.54. The number of rotatable bonds is 8. The zero-order valence-corrected chi connectivity index (χ0v) is 16.4. The highest BCUT2D eigenvalue weighted by molar-refractivity contribution is 7.98. The number of halogens is 1. The number of hydrogen-bond donors (Lipinski definition) is 1. The van der Waals surface area contributed by atoms with Crippen molar-refractivity contribution in [2.45, 2.75) is 30.7 Å². The topological polar surface area (TPSA) is 55.4 Å². The van der Waals surface area contributed by atoms with Crippen molar-refractivity contribution in [2.24, 2.45) is 0 Å². The number of hydrogen-bond acceptors (Lipinski definition) is 4. The van der Waals surface area contributed by atoms with Crippen LogP contribution in [0.4, 0.5) is 0 Å². The van der Waals surface area contributed by atoms with Gasteiger partial charge in [-0.3, -0.25) is 4.79 Å². The molecule has 138 valence electrons. The Labute approximate surface area is 163 Å². The molecule has 0 aliphatic heterocycles. The first-order valence-corrected chi connectivity index (χ1v) is 9.94. The highest BCUT2D eigenvalue weighted by Crippen LogP contribution is 2.23. The van der Waals surface area contributed by atoms with Gasteiger partial charge in [-0.2, -0.15) is 0 Å².